The minimum absolute atomic E-state index is 0.0284. The molecule has 0 saturated heterocycles. The van der Waals surface area contributed by atoms with E-state index in [0.717, 1.165) is 6.07 Å². The third kappa shape index (κ3) is 5.57. The van der Waals surface area contributed by atoms with Gasteiger partial charge >= 0.3 is 6.18 Å². The molecule has 0 aliphatic rings. The van der Waals surface area contributed by atoms with E-state index >= 15 is 0 Å². The Morgan fingerprint density at radius 2 is 2.04 bits per heavy atom. The van der Waals surface area contributed by atoms with Gasteiger partial charge < -0.3 is 14.5 Å². The summed E-state index contributed by atoms with van der Waals surface area (Å²) in [6, 6.07) is 8.20. The molecule has 0 atom stereocenters. The lowest BCUT2D eigenvalue weighted by Gasteiger charge is -2.10. The van der Waals surface area contributed by atoms with Crippen molar-refractivity contribution in [2.75, 3.05) is 20.3 Å². The molecule has 0 radical (unpaired) electrons. The Morgan fingerprint density at radius 1 is 1.28 bits per heavy atom. The van der Waals surface area contributed by atoms with Crippen LogP contribution < -0.4 is 10.7 Å². The Hall–Kier alpha value is -2.39. The van der Waals surface area contributed by atoms with Gasteiger partial charge in [0.1, 0.15) is 11.5 Å². The number of methoxy groups -OCH3 is 1. The van der Waals surface area contributed by atoms with Crippen LogP contribution in [0.2, 0.25) is 0 Å². The van der Waals surface area contributed by atoms with Crippen molar-refractivity contribution >= 4 is 23.5 Å². The molecule has 0 saturated carbocycles. The zero-order valence-corrected chi connectivity index (χ0v) is 14.1. The second-order valence-electron chi connectivity index (χ2n) is 4.86. The van der Waals surface area contributed by atoms with Crippen LogP contribution in [-0.4, -0.2) is 31.6 Å². The van der Waals surface area contributed by atoms with Crippen molar-refractivity contribution in [2.24, 2.45) is 5.10 Å². The second kappa shape index (κ2) is 8.63. The molecule has 2 N–H and O–H groups in total. The Bertz CT molecular complexity index is 744. The van der Waals surface area contributed by atoms with Crippen LogP contribution in [0.3, 0.4) is 0 Å². The molecule has 0 bridgehead atoms. The maximum Gasteiger partial charge on any atom is 0.417 e. The van der Waals surface area contributed by atoms with E-state index in [-0.39, 0.29) is 11.3 Å². The Labute approximate surface area is 147 Å². The number of halogens is 3. The topological polar surface area (TPSA) is 58.8 Å². The van der Waals surface area contributed by atoms with E-state index in [2.05, 4.69) is 15.8 Å². The number of benzene rings is 1. The Morgan fingerprint density at radius 3 is 2.76 bits per heavy atom. The number of hydrazone groups is 1. The fraction of sp³-hybridized carbons (Fsp3) is 0.250. The summed E-state index contributed by atoms with van der Waals surface area (Å²) in [5.41, 5.74) is 1.79. The maximum absolute atomic E-state index is 13.1. The molecular formula is C16H16F3N3O2S. The third-order valence-corrected chi connectivity index (χ3v) is 3.31. The highest BCUT2D eigenvalue weighted by atomic mass is 32.1. The average molecular weight is 371 g/mol. The number of alkyl halides is 3. The Kier molecular flexibility index (Phi) is 6.54. The second-order valence-corrected chi connectivity index (χ2v) is 5.27. The van der Waals surface area contributed by atoms with Crippen LogP contribution in [0.5, 0.6) is 0 Å². The number of nitrogens with zero attached hydrogens (tertiary/aromatic N) is 1. The van der Waals surface area contributed by atoms with Crippen molar-refractivity contribution in [2.45, 2.75) is 6.18 Å². The first-order valence-corrected chi connectivity index (χ1v) is 7.65. The normalized spacial score (nSPS) is 11.7. The third-order valence-electron chi connectivity index (χ3n) is 3.07. The van der Waals surface area contributed by atoms with Gasteiger partial charge in [0.15, 0.2) is 5.11 Å². The van der Waals surface area contributed by atoms with Crippen molar-refractivity contribution in [1.82, 2.24) is 10.7 Å². The van der Waals surface area contributed by atoms with E-state index < -0.39 is 11.7 Å². The fourth-order valence-electron chi connectivity index (χ4n) is 1.97. The van der Waals surface area contributed by atoms with Crippen molar-refractivity contribution in [3.8, 4) is 11.3 Å². The molecule has 9 heteroatoms. The van der Waals surface area contributed by atoms with Gasteiger partial charge in [-0.1, -0.05) is 18.2 Å². The molecule has 25 heavy (non-hydrogen) atoms. The standard InChI is InChI=1S/C16H16F3N3O2S/c1-23-9-8-20-15(25)22-21-10-11-6-7-14(24-11)12-4-2-3-5-13(12)16(17,18)19/h2-7,10H,8-9H2,1H3,(H2,20,22,25)/b21-10+. The quantitative estimate of drug-likeness (QED) is 0.353. The predicted molar refractivity (Wildman–Crippen MR) is 92.4 cm³/mol. The summed E-state index contributed by atoms with van der Waals surface area (Å²) in [6.07, 6.45) is -3.14. The van der Waals surface area contributed by atoms with Crippen LogP contribution in [0, 0.1) is 0 Å². The number of nitrogens with one attached hydrogen (secondary N) is 2. The van der Waals surface area contributed by atoms with Gasteiger partial charge in [0.25, 0.3) is 0 Å². The largest absolute Gasteiger partial charge is 0.455 e. The van der Waals surface area contributed by atoms with Gasteiger partial charge in [-0.25, -0.2) is 0 Å². The molecule has 1 aromatic heterocycles. The van der Waals surface area contributed by atoms with Crippen molar-refractivity contribution in [3.63, 3.8) is 0 Å². The minimum Gasteiger partial charge on any atom is -0.455 e. The lowest BCUT2D eigenvalue weighted by Crippen LogP contribution is -2.34. The van der Waals surface area contributed by atoms with Gasteiger partial charge in [0, 0.05) is 19.2 Å². The molecular weight excluding hydrogens is 355 g/mol. The molecule has 0 fully saturated rings. The summed E-state index contributed by atoms with van der Waals surface area (Å²) in [5.74, 6) is 0.398. The van der Waals surface area contributed by atoms with Crippen LogP contribution in [0.25, 0.3) is 11.3 Å². The minimum atomic E-state index is -4.46. The van der Waals surface area contributed by atoms with Crippen molar-refractivity contribution < 1.29 is 22.3 Å². The monoisotopic (exact) mass is 371 g/mol. The molecule has 0 spiro atoms. The van der Waals surface area contributed by atoms with E-state index in [1.807, 2.05) is 0 Å². The molecule has 2 rings (SSSR count). The average Bonchev–Trinajstić information content (AvgIpc) is 3.03. The highest BCUT2D eigenvalue weighted by Crippen LogP contribution is 2.37. The number of thiocarbonyl (C=S) groups is 1. The lowest BCUT2D eigenvalue weighted by atomic mass is 10.1. The van der Waals surface area contributed by atoms with E-state index in [1.54, 1.807) is 7.11 Å². The van der Waals surface area contributed by atoms with Crippen LogP contribution >= 0.6 is 12.2 Å². The van der Waals surface area contributed by atoms with Crippen LogP contribution in [0.1, 0.15) is 11.3 Å². The first kappa shape index (κ1) is 18.9. The molecule has 1 aromatic carbocycles. The highest BCUT2D eigenvalue weighted by Gasteiger charge is 2.34. The number of ether oxygens (including phenoxy) is 1. The van der Waals surface area contributed by atoms with Crippen LogP contribution in [0.4, 0.5) is 13.2 Å². The van der Waals surface area contributed by atoms with Crippen molar-refractivity contribution in [3.05, 3.63) is 47.7 Å². The molecule has 0 amide bonds. The van der Waals surface area contributed by atoms with Gasteiger partial charge in [0.05, 0.1) is 18.4 Å². The molecule has 134 valence electrons. The first-order valence-electron chi connectivity index (χ1n) is 7.24. The van der Waals surface area contributed by atoms with Crippen LogP contribution in [0.15, 0.2) is 45.9 Å². The smallest absolute Gasteiger partial charge is 0.417 e. The fourth-order valence-corrected chi connectivity index (χ4v) is 2.13. The van der Waals surface area contributed by atoms with Gasteiger partial charge in [-0.05, 0) is 30.4 Å². The number of hydrogen-bond donors (Lipinski definition) is 2. The number of furan rings is 1. The summed E-state index contributed by atoms with van der Waals surface area (Å²) in [6.45, 7) is 1.02. The molecule has 0 aliphatic heterocycles. The summed E-state index contributed by atoms with van der Waals surface area (Å²) in [7, 11) is 1.57. The van der Waals surface area contributed by atoms with Crippen LogP contribution in [-0.2, 0) is 10.9 Å². The summed E-state index contributed by atoms with van der Waals surface area (Å²) in [4.78, 5) is 0. The zero-order chi connectivity index (χ0) is 18.3. The van der Waals surface area contributed by atoms with Crippen molar-refractivity contribution in [1.29, 1.82) is 0 Å². The predicted octanol–water partition coefficient (Wildman–Crippen LogP) is 3.41. The number of hydrogen-bond acceptors (Lipinski definition) is 4. The SMILES string of the molecule is COCCNC(=S)N/N=C/c1ccc(-c2ccccc2C(F)(F)F)o1. The number of rotatable bonds is 6. The zero-order valence-electron chi connectivity index (χ0n) is 13.3. The van der Waals surface area contributed by atoms with E-state index in [0.29, 0.717) is 24.0 Å². The van der Waals surface area contributed by atoms with Gasteiger partial charge in [-0.2, -0.15) is 18.3 Å². The molecule has 2 aromatic rings. The summed E-state index contributed by atoms with van der Waals surface area (Å²) in [5, 5.41) is 7.01. The molecule has 0 aliphatic carbocycles. The highest BCUT2D eigenvalue weighted by molar-refractivity contribution is 7.80. The van der Waals surface area contributed by atoms with Gasteiger partial charge in [0.2, 0.25) is 0 Å². The van der Waals surface area contributed by atoms with Gasteiger partial charge in [-0.3, -0.25) is 5.43 Å². The molecule has 1 heterocycles. The lowest BCUT2D eigenvalue weighted by molar-refractivity contribution is -0.137. The molecule has 0 unspecified atom stereocenters. The maximum atomic E-state index is 13.1. The van der Waals surface area contributed by atoms with E-state index in [1.165, 1.54) is 36.5 Å². The van der Waals surface area contributed by atoms with E-state index in [9.17, 15) is 13.2 Å². The first-order chi connectivity index (χ1) is 11.9. The van der Waals surface area contributed by atoms with E-state index in [4.69, 9.17) is 21.4 Å². The molecule has 5 nitrogen and oxygen atoms in total. The van der Waals surface area contributed by atoms with Gasteiger partial charge in [-0.15, -0.1) is 0 Å². The summed E-state index contributed by atoms with van der Waals surface area (Å²) < 4.78 is 49.4. The summed E-state index contributed by atoms with van der Waals surface area (Å²) >= 11 is 4.98. The Balaban J connectivity index is 2.04.